The van der Waals surface area contributed by atoms with E-state index in [-0.39, 0.29) is 0 Å². The highest BCUT2D eigenvalue weighted by molar-refractivity contribution is 5.49. The fourth-order valence-corrected chi connectivity index (χ4v) is 2.81. The summed E-state index contributed by atoms with van der Waals surface area (Å²) >= 11 is 0. The Bertz CT molecular complexity index is 417. The van der Waals surface area contributed by atoms with Crippen LogP contribution < -0.4 is 14.8 Å². The second-order valence-electron chi connectivity index (χ2n) is 4.95. The summed E-state index contributed by atoms with van der Waals surface area (Å²) in [7, 11) is 2.04. The van der Waals surface area contributed by atoms with Gasteiger partial charge in [0.15, 0.2) is 11.5 Å². The molecule has 0 aliphatic heterocycles. The second-order valence-corrected chi connectivity index (χ2v) is 4.95. The van der Waals surface area contributed by atoms with Crippen molar-refractivity contribution in [2.24, 2.45) is 0 Å². The molecule has 3 heteroatoms. The first-order chi connectivity index (χ1) is 9.30. The van der Waals surface area contributed by atoms with Crippen LogP contribution in [0.5, 0.6) is 11.5 Å². The lowest BCUT2D eigenvalue weighted by Crippen LogP contribution is -2.17. The maximum Gasteiger partial charge on any atom is 0.161 e. The molecular formula is C16H25NO2. The lowest BCUT2D eigenvalue weighted by atomic mass is 9.98. The summed E-state index contributed by atoms with van der Waals surface area (Å²) < 4.78 is 11.5. The summed E-state index contributed by atoms with van der Waals surface area (Å²) in [5.74, 6) is 1.77. The molecule has 1 aromatic rings. The molecule has 0 bridgehead atoms. The molecule has 0 aromatic heterocycles. The van der Waals surface area contributed by atoms with Gasteiger partial charge in [0.2, 0.25) is 0 Å². The number of hydrogen-bond donors (Lipinski definition) is 1. The zero-order valence-electron chi connectivity index (χ0n) is 12.3. The number of benzene rings is 1. The molecule has 0 saturated heterocycles. The summed E-state index contributed by atoms with van der Waals surface area (Å²) in [6, 6.07) is 4.79. The van der Waals surface area contributed by atoms with Crippen molar-refractivity contribution in [3.8, 4) is 11.5 Å². The molecule has 0 fully saturated rings. The van der Waals surface area contributed by atoms with Gasteiger partial charge in [0.25, 0.3) is 0 Å². The van der Waals surface area contributed by atoms with Crippen LogP contribution in [0.2, 0.25) is 0 Å². The minimum absolute atomic E-state index is 0.437. The molecule has 0 amide bonds. The smallest absolute Gasteiger partial charge is 0.161 e. The molecule has 1 aliphatic carbocycles. The van der Waals surface area contributed by atoms with Gasteiger partial charge in [0.05, 0.1) is 13.2 Å². The molecule has 0 radical (unpaired) electrons. The van der Waals surface area contributed by atoms with Crippen molar-refractivity contribution in [1.82, 2.24) is 5.32 Å². The highest BCUT2D eigenvalue weighted by Crippen LogP contribution is 2.37. The molecule has 1 N–H and O–H groups in total. The lowest BCUT2D eigenvalue weighted by Gasteiger charge is -2.20. The van der Waals surface area contributed by atoms with Gasteiger partial charge in [-0.1, -0.05) is 6.42 Å². The van der Waals surface area contributed by atoms with E-state index in [1.807, 2.05) is 20.9 Å². The van der Waals surface area contributed by atoms with Gasteiger partial charge < -0.3 is 14.8 Å². The fourth-order valence-electron chi connectivity index (χ4n) is 2.81. The minimum Gasteiger partial charge on any atom is -0.490 e. The maximum absolute atomic E-state index is 5.74. The van der Waals surface area contributed by atoms with Crippen molar-refractivity contribution in [3.05, 3.63) is 23.3 Å². The molecule has 1 aliphatic rings. The highest BCUT2D eigenvalue weighted by atomic mass is 16.5. The van der Waals surface area contributed by atoms with Crippen LogP contribution in [0.3, 0.4) is 0 Å². The molecule has 19 heavy (non-hydrogen) atoms. The average Bonchev–Trinajstić information content (AvgIpc) is 2.61. The zero-order chi connectivity index (χ0) is 13.7. The van der Waals surface area contributed by atoms with Crippen LogP contribution in [-0.2, 0) is 6.42 Å². The molecule has 106 valence electrons. The van der Waals surface area contributed by atoms with E-state index in [0.717, 1.165) is 17.9 Å². The number of hydrogen-bond acceptors (Lipinski definition) is 3. The Morgan fingerprint density at radius 3 is 2.42 bits per heavy atom. The Kier molecular flexibility index (Phi) is 5.08. The topological polar surface area (TPSA) is 30.5 Å². The van der Waals surface area contributed by atoms with Gasteiger partial charge >= 0.3 is 0 Å². The van der Waals surface area contributed by atoms with Gasteiger partial charge in [-0.3, -0.25) is 0 Å². The highest BCUT2D eigenvalue weighted by Gasteiger charge is 2.20. The van der Waals surface area contributed by atoms with E-state index in [1.54, 1.807) is 0 Å². The molecule has 1 unspecified atom stereocenters. The van der Waals surface area contributed by atoms with E-state index < -0.39 is 0 Å². The van der Waals surface area contributed by atoms with Crippen LogP contribution in [0.15, 0.2) is 12.1 Å². The summed E-state index contributed by atoms with van der Waals surface area (Å²) in [5.41, 5.74) is 2.79. The Hall–Kier alpha value is -1.22. The first kappa shape index (κ1) is 14.2. The predicted molar refractivity (Wildman–Crippen MR) is 78.1 cm³/mol. The summed E-state index contributed by atoms with van der Waals surface area (Å²) in [5, 5.41) is 3.42. The number of aryl methyl sites for hydroxylation is 1. The molecule has 2 rings (SSSR count). The predicted octanol–water partition coefficient (Wildman–Crippen LogP) is 3.47. The minimum atomic E-state index is 0.437. The van der Waals surface area contributed by atoms with E-state index in [1.165, 1.54) is 30.4 Å². The van der Waals surface area contributed by atoms with E-state index in [4.69, 9.17) is 9.47 Å². The fraction of sp³-hybridized carbons (Fsp3) is 0.625. The third kappa shape index (κ3) is 3.21. The third-order valence-corrected chi connectivity index (χ3v) is 3.72. The van der Waals surface area contributed by atoms with Crippen molar-refractivity contribution in [3.63, 3.8) is 0 Å². The number of rotatable bonds is 5. The molecule has 1 aromatic carbocycles. The Labute approximate surface area is 116 Å². The van der Waals surface area contributed by atoms with Crippen LogP contribution >= 0.6 is 0 Å². The van der Waals surface area contributed by atoms with Crippen molar-refractivity contribution in [1.29, 1.82) is 0 Å². The van der Waals surface area contributed by atoms with Crippen molar-refractivity contribution < 1.29 is 9.47 Å². The summed E-state index contributed by atoms with van der Waals surface area (Å²) in [4.78, 5) is 0. The van der Waals surface area contributed by atoms with Crippen LogP contribution in [-0.4, -0.2) is 20.3 Å². The number of fused-ring (bicyclic) bond motifs is 1. The summed E-state index contributed by atoms with van der Waals surface area (Å²) in [6.07, 6.45) is 4.86. The zero-order valence-corrected chi connectivity index (χ0v) is 12.3. The maximum atomic E-state index is 5.74. The Morgan fingerprint density at radius 1 is 1.11 bits per heavy atom. The quantitative estimate of drug-likeness (QED) is 0.825. The number of ether oxygens (including phenoxy) is 2. The van der Waals surface area contributed by atoms with E-state index in [2.05, 4.69) is 17.4 Å². The van der Waals surface area contributed by atoms with E-state index >= 15 is 0 Å². The second kappa shape index (κ2) is 6.80. The van der Waals surface area contributed by atoms with Crippen LogP contribution in [0.4, 0.5) is 0 Å². The average molecular weight is 263 g/mol. The first-order valence-electron chi connectivity index (χ1n) is 7.39. The Balaban J connectivity index is 2.41. The van der Waals surface area contributed by atoms with Crippen LogP contribution in [0.25, 0.3) is 0 Å². The van der Waals surface area contributed by atoms with Gasteiger partial charge in [-0.2, -0.15) is 0 Å². The molecule has 3 nitrogen and oxygen atoms in total. The SMILES string of the molecule is CCOc1cc2c(cc1OCC)C(NC)CCCC2. The van der Waals surface area contributed by atoms with E-state index in [9.17, 15) is 0 Å². The first-order valence-corrected chi connectivity index (χ1v) is 7.39. The third-order valence-electron chi connectivity index (χ3n) is 3.72. The molecule has 0 spiro atoms. The van der Waals surface area contributed by atoms with E-state index in [0.29, 0.717) is 19.3 Å². The molecule has 1 atom stereocenters. The lowest BCUT2D eigenvalue weighted by molar-refractivity contribution is 0.287. The van der Waals surface area contributed by atoms with Gasteiger partial charge in [-0.25, -0.2) is 0 Å². The molecule has 0 heterocycles. The van der Waals surface area contributed by atoms with Crippen LogP contribution in [0.1, 0.15) is 50.3 Å². The Morgan fingerprint density at radius 2 is 1.79 bits per heavy atom. The van der Waals surface area contributed by atoms with Gasteiger partial charge in [-0.15, -0.1) is 0 Å². The monoisotopic (exact) mass is 263 g/mol. The van der Waals surface area contributed by atoms with Crippen molar-refractivity contribution in [2.45, 2.75) is 45.6 Å². The normalized spacial score (nSPS) is 18.6. The largest absolute Gasteiger partial charge is 0.490 e. The summed E-state index contributed by atoms with van der Waals surface area (Å²) in [6.45, 7) is 5.37. The molecule has 0 saturated carbocycles. The standard InChI is InChI=1S/C16H25NO2/c1-4-18-15-10-12-8-6-7-9-14(17-3)13(12)11-16(15)19-5-2/h10-11,14,17H,4-9H2,1-3H3. The van der Waals surface area contributed by atoms with Gasteiger partial charge in [-0.05, 0) is 63.4 Å². The van der Waals surface area contributed by atoms with Gasteiger partial charge in [0.1, 0.15) is 0 Å². The van der Waals surface area contributed by atoms with Crippen molar-refractivity contribution >= 4 is 0 Å². The van der Waals surface area contributed by atoms with Gasteiger partial charge in [0, 0.05) is 6.04 Å². The van der Waals surface area contributed by atoms with Crippen LogP contribution in [0, 0.1) is 0 Å². The van der Waals surface area contributed by atoms with Crippen molar-refractivity contribution in [2.75, 3.05) is 20.3 Å². The molecular weight excluding hydrogens is 238 g/mol. The number of nitrogens with one attached hydrogen (secondary N) is 1.